The first-order chi connectivity index (χ1) is 17.0. The molecule has 5 heterocycles. The minimum absolute atomic E-state index is 0.0167. The highest BCUT2D eigenvalue weighted by molar-refractivity contribution is 6.07. The zero-order valence-electron chi connectivity index (χ0n) is 19.7. The minimum Gasteiger partial charge on any atom is -0.419 e. The van der Waals surface area contributed by atoms with Crippen molar-refractivity contribution in [2.24, 2.45) is 0 Å². The first-order valence-electron chi connectivity index (χ1n) is 12.1. The van der Waals surface area contributed by atoms with E-state index in [9.17, 15) is 9.59 Å². The Balaban J connectivity index is 1.35. The smallest absolute Gasteiger partial charge is 0.419 e. The van der Waals surface area contributed by atoms with E-state index in [1.807, 2.05) is 13.8 Å². The fraction of sp³-hybridized carbons (Fsp3) is 0.542. The second kappa shape index (κ2) is 8.72. The lowest BCUT2D eigenvalue weighted by atomic mass is 9.94. The van der Waals surface area contributed by atoms with Crippen molar-refractivity contribution < 1.29 is 18.0 Å². The Morgan fingerprint density at radius 2 is 1.69 bits per heavy atom. The SMILES string of the molecule is CC(C)n1nc(-c2nnc(C3CCN(C4CCOCC4)CC3)o2)c2c3oc(=O)c(=O)oc3ccc21. The summed E-state index contributed by atoms with van der Waals surface area (Å²) in [6, 6.07) is 3.98. The van der Waals surface area contributed by atoms with Crippen molar-refractivity contribution in [3.8, 4) is 11.6 Å². The normalized spacial score (nSPS) is 18.8. The molecule has 3 aromatic heterocycles. The van der Waals surface area contributed by atoms with Crippen molar-refractivity contribution in [2.45, 2.75) is 57.5 Å². The van der Waals surface area contributed by atoms with Gasteiger partial charge in [0.15, 0.2) is 16.9 Å². The molecule has 0 N–H and O–H groups in total. The average molecular weight is 482 g/mol. The van der Waals surface area contributed by atoms with Gasteiger partial charge in [-0.05, 0) is 64.8 Å². The molecule has 0 saturated carbocycles. The number of ether oxygens (including phenoxy) is 1. The predicted octanol–water partition coefficient (Wildman–Crippen LogP) is 3.09. The van der Waals surface area contributed by atoms with E-state index in [0.29, 0.717) is 28.5 Å². The van der Waals surface area contributed by atoms with Gasteiger partial charge in [-0.2, -0.15) is 5.10 Å². The van der Waals surface area contributed by atoms with Crippen LogP contribution in [-0.4, -0.2) is 57.2 Å². The van der Waals surface area contributed by atoms with Crippen molar-refractivity contribution >= 4 is 22.1 Å². The molecule has 35 heavy (non-hydrogen) atoms. The Morgan fingerprint density at radius 3 is 2.43 bits per heavy atom. The van der Waals surface area contributed by atoms with E-state index in [4.69, 9.17) is 23.1 Å². The number of nitrogens with zero attached hydrogens (tertiary/aromatic N) is 5. The Morgan fingerprint density at radius 1 is 0.943 bits per heavy atom. The highest BCUT2D eigenvalue weighted by Gasteiger charge is 2.31. The van der Waals surface area contributed by atoms with Crippen molar-refractivity contribution in [2.75, 3.05) is 26.3 Å². The molecule has 0 atom stereocenters. The molecule has 0 spiro atoms. The zero-order chi connectivity index (χ0) is 24.1. The van der Waals surface area contributed by atoms with E-state index in [-0.39, 0.29) is 29.0 Å². The van der Waals surface area contributed by atoms with E-state index in [1.165, 1.54) is 0 Å². The van der Waals surface area contributed by atoms with E-state index in [2.05, 4.69) is 15.1 Å². The quantitative estimate of drug-likeness (QED) is 0.401. The molecule has 2 saturated heterocycles. The lowest BCUT2D eigenvalue weighted by Gasteiger charge is -2.38. The molecule has 6 rings (SSSR count). The van der Waals surface area contributed by atoms with Crippen LogP contribution in [0.25, 0.3) is 33.7 Å². The monoisotopic (exact) mass is 481 g/mol. The molecule has 2 fully saturated rings. The van der Waals surface area contributed by atoms with Gasteiger partial charge in [0.25, 0.3) is 5.89 Å². The van der Waals surface area contributed by atoms with E-state index < -0.39 is 11.3 Å². The molecule has 0 bridgehead atoms. The molecule has 2 aliphatic heterocycles. The van der Waals surface area contributed by atoms with Gasteiger partial charge in [0.1, 0.15) is 0 Å². The first kappa shape index (κ1) is 22.2. The van der Waals surface area contributed by atoms with Crippen molar-refractivity contribution in [1.29, 1.82) is 0 Å². The number of hydrogen-bond acceptors (Lipinski definition) is 10. The Labute approximate surface area is 199 Å². The van der Waals surface area contributed by atoms with Crippen LogP contribution < -0.4 is 11.3 Å². The fourth-order valence-electron chi connectivity index (χ4n) is 5.24. The number of aromatic nitrogens is 4. The number of likely N-dealkylation sites (tertiary alicyclic amines) is 1. The standard InChI is InChI=1S/C24H27N5O6/c1-13(2)29-16-3-4-17-20(34-24(31)23(30)33-17)18(16)19(27-29)22-26-25-21(35-22)14-5-9-28(10-6-14)15-7-11-32-12-8-15/h3-4,13-15H,5-12H2,1-2H3. The Bertz CT molecular complexity index is 1480. The third-order valence-electron chi connectivity index (χ3n) is 7.07. The molecule has 0 unspecified atom stereocenters. The second-order valence-corrected chi connectivity index (χ2v) is 9.55. The molecule has 0 amide bonds. The third kappa shape index (κ3) is 3.88. The number of hydrogen-bond donors (Lipinski definition) is 0. The summed E-state index contributed by atoms with van der Waals surface area (Å²) in [6.45, 7) is 7.65. The topological polar surface area (TPSA) is 130 Å². The molecule has 1 aromatic carbocycles. The highest BCUT2D eigenvalue weighted by Crippen LogP contribution is 2.36. The maximum Gasteiger partial charge on any atom is 0.423 e. The summed E-state index contributed by atoms with van der Waals surface area (Å²) < 4.78 is 23.9. The first-order valence-corrected chi connectivity index (χ1v) is 12.1. The number of fused-ring (bicyclic) bond motifs is 3. The van der Waals surface area contributed by atoms with Crippen LogP contribution in [0.2, 0.25) is 0 Å². The Hall–Kier alpha value is -3.31. The summed E-state index contributed by atoms with van der Waals surface area (Å²) in [5, 5.41) is 13.9. The van der Waals surface area contributed by atoms with Crippen LogP contribution in [0, 0.1) is 0 Å². The van der Waals surface area contributed by atoms with E-state index in [1.54, 1.807) is 16.8 Å². The molecule has 2 aliphatic rings. The van der Waals surface area contributed by atoms with Crippen molar-refractivity contribution in [1.82, 2.24) is 24.9 Å². The molecular weight excluding hydrogens is 454 g/mol. The maximum atomic E-state index is 12.0. The molecule has 11 nitrogen and oxygen atoms in total. The lowest BCUT2D eigenvalue weighted by Crippen LogP contribution is -2.43. The molecule has 11 heteroatoms. The maximum absolute atomic E-state index is 12.0. The number of piperidine rings is 1. The zero-order valence-corrected chi connectivity index (χ0v) is 19.7. The molecule has 0 aliphatic carbocycles. The largest absolute Gasteiger partial charge is 0.423 e. The van der Waals surface area contributed by atoms with Gasteiger partial charge >= 0.3 is 11.3 Å². The van der Waals surface area contributed by atoms with Crippen molar-refractivity contribution in [3.05, 3.63) is 38.9 Å². The van der Waals surface area contributed by atoms with Crippen LogP contribution in [0.3, 0.4) is 0 Å². The van der Waals surface area contributed by atoms with Gasteiger partial charge < -0.3 is 22.9 Å². The summed E-state index contributed by atoms with van der Waals surface area (Å²) in [5.41, 5.74) is -0.721. The van der Waals surface area contributed by atoms with Gasteiger partial charge in [-0.3, -0.25) is 4.68 Å². The fourth-order valence-corrected chi connectivity index (χ4v) is 5.24. The van der Waals surface area contributed by atoms with Gasteiger partial charge in [0, 0.05) is 31.2 Å². The van der Waals surface area contributed by atoms with E-state index >= 15 is 0 Å². The van der Waals surface area contributed by atoms with Gasteiger partial charge in [-0.25, -0.2) is 9.59 Å². The Kier molecular flexibility index (Phi) is 5.53. The number of rotatable bonds is 4. The second-order valence-electron chi connectivity index (χ2n) is 9.55. The molecule has 0 radical (unpaired) electrons. The summed E-state index contributed by atoms with van der Waals surface area (Å²) in [6.07, 6.45) is 4.07. The lowest BCUT2D eigenvalue weighted by molar-refractivity contribution is 0.0241. The highest BCUT2D eigenvalue weighted by atomic mass is 16.5. The van der Waals surface area contributed by atoms with Crippen LogP contribution in [-0.2, 0) is 4.74 Å². The third-order valence-corrected chi connectivity index (χ3v) is 7.07. The molecule has 184 valence electrons. The van der Waals surface area contributed by atoms with Crippen LogP contribution >= 0.6 is 0 Å². The molecule has 4 aromatic rings. The van der Waals surface area contributed by atoms with Crippen LogP contribution in [0.1, 0.15) is 57.4 Å². The van der Waals surface area contributed by atoms with Crippen molar-refractivity contribution in [3.63, 3.8) is 0 Å². The predicted molar refractivity (Wildman–Crippen MR) is 125 cm³/mol. The van der Waals surface area contributed by atoms with Gasteiger partial charge in [0.05, 0.1) is 10.9 Å². The van der Waals surface area contributed by atoms with Gasteiger partial charge in [-0.1, -0.05) is 0 Å². The van der Waals surface area contributed by atoms with Crippen LogP contribution in [0.15, 0.2) is 35.0 Å². The van der Waals surface area contributed by atoms with Gasteiger partial charge in [0.2, 0.25) is 5.89 Å². The average Bonchev–Trinajstić information content (AvgIpc) is 3.51. The summed E-state index contributed by atoms with van der Waals surface area (Å²) in [5.74, 6) is 1.02. The summed E-state index contributed by atoms with van der Waals surface area (Å²) >= 11 is 0. The number of benzene rings is 1. The minimum atomic E-state index is -1.07. The summed E-state index contributed by atoms with van der Waals surface area (Å²) in [4.78, 5) is 26.2. The van der Waals surface area contributed by atoms with Crippen LogP contribution in [0.4, 0.5) is 0 Å². The van der Waals surface area contributed by atoms with E-state index in [0.717, 1.165) is 52.0 Å². The summed E-state index contributed by atoms with van der Waals surface area (Å²) in [7, 11) is 0. The van der Waals surface area contributed by atoms with Gasteiger partial charge in [-0.15, -0.1) is 10.2 Å². The van der Waals surface area contributed by atoms with Crippen LogP contribution in [0.5, 0.6) is 0 Å². The molecular formula is C24H27N5O6.